The van der Waals surface area contributed by atoms with Crippen molar-refractivity contribution in [3.05, 3.63) is 53.1 Å². The van der Waals surface area contributed by atoms with E-state index >= 15 is 0 Å². The van der Waals surface area contributed by atoms with Gasteiger partial charge in [0.05, 0.1) is 0 Å². The summed E-state index contributed by atoms with van der Waals surface area (Å²) in [6.07, 6.45) is 3.24. The molecule has 2 N–H and O–H groups in total. The largest absolute Gasteiger partial charge is 0.479 e. The molecule has 2 aromatic rings. The predicted molar refractivity (Wildman–Crippen MR) is 74.6 cm³/mol. The molecule has 0 aliphatic heterocycles. The average molecular weight is 295 g/mol. The van der Waals surface area contributed by atoms with Crippen LogP contribution in [0.25, 0.3) is 0 Å². The van der Waals surface area contributed by atoms with Crippen LogP contribution in [0.2, 0.25) is 5.02 Å². The molecule has 6 heteroatoms. The second-order valence-electron chi connectivity index (χ2n) is 4.45. The number of aromatic nitrogens is 2. The Balaban J connectivity index is 1.93. The molecule has 0 amide bonds. The number of benzene rings is 1. The van der Waals surface area contributed by atoms with E-state index in [2.05, 4.69) is 4.98 Å². The third kappa shape index (κ3) is 3.59. The fourth-order valence-electron chi connectivity index (χ4n) is 1.97. The van der Waals surface area contributed by atoms with Gasteiger partial charge in [0.15, 0.2) is 0 Å². The lowest BCUT2D eigenvalue weighted by Crippen LogP contribution is -2.16. The number of aryl methyl sites for hydroxylation is 2. The Labute approximate surface area is 121 Å². The molecular formula is C14H15ClN2O3. The molecule has 20 heavy (non-hydrogen) atoms. The zero-order valence-electron chi connectivity index (χ0n) is 10.7. The summed E-state index contributed by atoms with van der Waals surface area (Å²) in [5.74, 6) is -1.14. The molecule has 1 atom stereocenters. The molecule has 0 aliphatic rings. The molecule has 0 saturated heterocycles. The molecule has 2 rings (SSSR count). The Bertz CT molecular complexity index is 580. The lowest BCUT2D eigenvalue weighted by Gasteiger charge is -2.10. The van der Waals surface area contributed by atoms with Crippen LogP contribution in [-0.2, 0) is 17.8 Å². The van der Waals surface area contributed by atoms with E-state index in [-0.39, 0.29) is 5.82 Å². The first kappa shape index (κ1) is 14.6. The standard InChI is InChI=1S/C14H15ClN2O3/c15-11-5-3-10(4-6-11)2-1-8-17-9-7-16-13(17)12(18)14(19)20/h3-7,9,12,18H,1-2,8H2,(H,19,20). The summed E-state index contributed by atoms with van der Waals surface area (Å²) in [6, 6.07) is 7.61. The van der Waals surface area contributed by atoms with Crippen LogP contribution in [-0.4, -0.2) is 25.7 Å². The van der Waals surface area contributed by atoms with Gasteiger partial charge in [-0.3, -0.25) is 0 Å². The van der Waals surface area contributed by atoms with Crippen LogP contribution in [0.5, 0.6) is 0 Å². The highest BCUT2D eigenvalue weighted by Crippen LogP contribution is 2.14. The van der Waals surface area contributed by atoms with Crippen LogP contribution >= 0.6 is 11.6 Å². The molecule has 0 spiro atoms. The number of nitrogens with zero attached hydrogens (tertiary/aromatic N) is 2. The monoisotopic (exact) mass is 294 g/mol. The molecule has 106 valence electrons. The normalized spacial score (nSPS) is 12.3. The molecule has 1 heterocycles. The first-order chi connectivity index (χ1) is 9.58. The van der Waals surface area contributed by atoms with Gasteiger partial charge in [-0.1, -0.05) is 23.7 Å². The quantitative estimate of drug-likeness (QED) is 0.857. The predicted octanol–water partition coefficient (Wildman–Crippen LogP) is 2.29. The van der Waals surface area contributed by atoms with Crippen LogP contribution in [0.3, 0.4) is 0 Å². The fraction of sp³-hybridized carbons (Fsp3) is 0.286. The van der Waals surface area contributed by atoms with E-state index in [0.717, 1.165) is 18.4 Å². The van der Waals surface area contributed by atoms with Crippen molar-refractivity contribution in [2.75, 3.05) is 0 Å². The number of imidazole rings is 1. The van der Waals surface area contributed by atoms with E-state index < -0.39 is 12.1 Å². The molecule has 1 aromatic carbocycles. The van der Waals surface area contributed by atoms with Crippen LogP contribution in [0.4, 0.5) is 0 Å². The van der Waals surface area contributed by atoms with Gasteiger partial charge in [-0.2, -0.15) is 0 Å². The number of hydrogen-bond acceptors (Lipinski definition) is 3. The van der Waals surface area contributed by atoms with Crippen molar-refractivity contribution >= 4 is 17.6 Å². The topological polar surface area (TPSA) is 75.3 Å². The number of hydrogen-bond donors (Lipinski definition) is 2. The van der Waals surface area contributed by atoms with Gasteiger partial charge in [0.25, 0.3) is 0 Å². The maximum Gasteiger partial charge on any atom is 0.340 e. The number of aliphatic hydroxyl groups is 1. The summed E-state index contributed by atoms with van der Waals surface area (Å²) >= 11 is 5.82. The zero-order valence-corrected chi connectivity index (χ0v) is 11.5. The number of carbonyl (C=O) groups is 1. The highest BCUT2D eigenvalue weighted by molar-refractivity contribution is 6.30. The summed E-state index contributed by atoms with van der Waals surface area (Å²) < 4.78 is 1.66. The maximum absolute atomic E-state index is 10.8. The Kier molecular flexibility index (Phi) is 4.76. The van der Waals surface area contributed by atoms with Gasteiger partial charge in [0.1, 0.15) is 5.82 Å². The van der Waals surface area contributed by atoms with Gasteiger partial charge < -0.3 is 14.8 Å². The maximum atomic E-state index is 10.8. The molecule has 0 radical (unpaired) electrons. The minimum absolute atomic E-state index is 0.161. The van der Waals surface area contributed by atoms with Gasteiger partial charge in [-0.05, 0) is 30.5 Å². The second kappa shape index (κ2) is 6.54. The van der Waals surface area contributed by atoms with E-state index in [1.807, 2.05) is 24.3 Å². The number of halogens is 1. The molecular weight excluding hydrogens is 280 g/mol. The van der Waals surface area contributed by atoms with Crippen LogP contribution in [0, 0.1) is 0 Å². The fourth-order valence-corrected chi connectivity index (χ4v) is 2.10. The van der Waals surface area contributed by atoms with Gasteiger partial charge in [0.2, 0.25) is 6.10 Å². The number of aliphatic hydroxyl groups excluding tert-OH is 1. The molecule has 5 nitrogen and oxygen atoms in total. The van der Waals surface area contributed by atoms with E-state index in [4.69, 9.17) is 16.7 Å². The third-order valence-electron chi connectivity index (χ3n) is 3.00. The Morgan fingerprint density at radius 3 is 2.70 bits per heavy atom. The summed E-state index contributed by atoms with van der Waals surface area (Å²) in [5.41, 5.74) is 1.16. The molecule has 1 aromatic heterocycles. The van der Waals surface area contributed by atoms with Gasteiger partial charge in [-0.25, -0.2) is 9.78 Å². The molecule has 0 aliphatic carbocycles. The van der Waals surface area contributed by atoms with Gasteiger partial charge in [0, 0.05) is 24.0 Å². The Morgan fingerprint density at radius 1 is 1.35 bits per heavy atom. The molecule has 0 saturated carbocycles. The van der Waals surface area contributed by atoms with E-state index in [1.165, 1.54) is 6.20 Å². The molecule has 1 unspecified atom stereocenters. The van der Waals surface area contributed by atoms with Crippen molar-refractivity contribution in [1.82, 2.24) is 9.55 Å². The number of carboxylic acid groups (broad SMARTS) is 1. The third-order valence-corrected chi connectivity index (χ3v) is 3.26. The van der Waals surface area contributed by atoms with Crippen LogP contribution in [0.15, 0.2) is 36.7 Å². The average Bonchev–Trinajstić information content (AvgIpc) is 2.88. The number of rotatable bonds is 6. The highest BCUT2D eigenvalue weighted by Gasteiger charge is 2.20. The summed E-state index contributed by atoms with van der Waals surface area (Å²) in [4.78, 5) is 14.7. The molecule has 0 fully saturated rings. The number of aliphatic carboxylic acids is 1. The SMILES string of the molecule is O=C(O)C(O)c1nccn1CCCc1ccc(Cl)cc1. The Hall–Kier alpha value is -1.85. The lowest BCUT2D eigenvalue weighted by molar-refractivity contribution is -0.147. The van der Waals surface area contributed by atoms with Crippen molar-refractivity contribution in [1.29, 1.82) is 0 Å². The molecule has 0 bridgehead atoms. The van der Waals surface area contributed by atoms with Crippen molar-refractivity contribution < 1.29 is 15.0 Å². The minimum Gasteiger partial charge on any atom is -0.479 e. The van der Waals surface area contributed by atoms with Crippen molar-refractivity contribution in [2.45, 2.75) is 25.5 Å². The first-order valence-corrected chi connectivity index (χ1v) is 6.62. The van der Waals surface area contributed by atoms with E-state index in [0.29, 0.717) is 11.6 Å². The second-order valence-corrected chi connectivity index (χ2v) is 4.89. The van der Waals surface area contributed by atoms with E-state index in [1.54, 1.807) is 10.8 Å². The smallest absolute Gasteiger partial charge is 0.340 e. The van der Waals surface area contributed by atoms with Gasteiger partial charge >= 0.3 is 5.97 Å². The van der Waals surface area contributed by atoms with Gasteiger partial charge in [-0.15, -0.1) is 0 Å². The zero-order chi connectivity index (χ0) is 14.5. The summed E-state index contributed by atoms with van der Waals surface area (Å²) in [6.45, 7) is 0.600. The number of carboxylic acids is 1. The van der Waals surface area contributed by atoms with Crippen molar-refractivity contribution in [2.24, 2.45) is 0 Å². The summed E-state index contributed by atoms with van der Waals surface area (Å²) in [7, 11) is 0. The van der Waals surface area contributed by atoms with Crippen molar-refractivity contribution in [3.8, 4) is 0 Å². The van der Waals surface area contributed by atoms with E-state index in [9.17, 15) is 9.90 Å². The van der Waals surface area contributed by atoms with Crippen molar-refractivity contribution in [3.63, 3.8) is 0 Å². The Morgan fingerprint density at radius 2 is 2.05 bits per heavy atom. The lowest BCUT2D eigenvalue weighted by atomic mass is 10.1. The summed E-state index contributed by atoms with van der Waals surface area (Å²) in [5, 5.41) is 19.0. The van der Waals surface area contributed by atoms with Crippen LogP contribution < -0.4 is 0 Å². The van der Waals surface area contributed by atoms with Crippen LogP contribution in [0.1, 0.15) is 23.9 Å². The highest BCUT2D eigenvalue weighted by atomic mass is 35.5. The first-order valence-electron chi connectivity index (χ1n) is 6.24. The minimum atomic E-state index is -1.58.